The molecule has 7 nitrogen and oxygen atoms in total. The zero-order valence-electron chi connectivity index (χ0n) is 15.5. The highest BCUT2D eigenvalue weighted by molar-refractivity contribution is 7.15. The van der Waals surface area contributed by atoms with Crippen molar-refractivity contribution in [3.8, 4) is 27.8 Å². The Morgan fingerprint density at radius 3 is 2.44 bits per heavy atom. The molecule has 27 heavy (non-hydrogen) atoms. The van der Waals surface area contributed by atoms with Gasteiger partial charge in [0, 0.05) is 10.4 Å². The molecule has 0 fully saturated rings. The van der Waals surface area contributed by atoms with Crippen molar-refractivity contribution in [2.24, 2.45) is 0 Å². The van der Waals surface area contributed by atoms with E-state index in [1.54, 1.807) is 39.7 Å². The molecule has 1 aromatic carbocycles. The number of aryl methyl sites for hydroxylation is 1. The fourth-order valence-electron chi connectivity index (χ4n) is 2.60. The first kappa shape index (κ1) is 18.8. The van der Waals surface area contributed by atoms with Crippen LogP contribution in [-0.2, 0) is 6.54 Å². The van der Waals surface area contributed by atoms with Gasteiger partial charge < -0.3 is 23.9 Å². The summed E-state index contributed by atoms with van der Waals surface area (Å²) in [7, 11) is 4.67. The molecule has 0 aliphatic heterocycles. The molecule has 3 rings (SSSR count). The highest BCUT2D eigenvalue weighted by Crippen LogP contribution is 2.42. The van der Waals surface area contributed by atoms with Gasteiger partial charge in [-0.15, -0.1) is 11.3 Å². The van der Waals surface area contributed by atoms with Gasteiger partial charge in [-0.05, 0) is 31.2 Å². The second-order valence-electron chi connectivity index (χ2n) is 5.60. The van der Waals surface area contributed by atoms with Gasteiger partial charge in [0.25, 0.3) is 5.91 Å². The number of carbonyl (C=O) groups is 1. The molecule has 3 aromatic rings. The minimum atomic E-state index is -0.251. The first-order chi connectivity index (χ1) is 13.1. The van der Waals surface area contributed by atoms with Crippen LogP contribution in [0.2, 0.25) is 0 Å². The van der Waals surface area contributed by atoms with Gasteiger partial charge in [0.05, 0.1) is 34.1 Å². The molecule has 0 aliphatic rings. The van der Waals surface area contributed by atoms with E-state index in [1.807, 2.05) is 19.1 Å². The number of nitrogens with zero attached hydrogens (tertiary/aromatic N) is 1. The van der Waals surface area contributed by atoms with E-state index in [1.165, 1.54) is 11.3 Å². The average Bonchev–Trinajstić information content (AvgIpc) is 3.34. The largest absolute Gasteiger partial charge is 0.493 e. The SMILES string of the molecule is COc1cc(-c2nc(C(=O)NCc3ccco3)c(C)s2)cc(OC)c1OC. The van der Waals surface area contributed by atoms with E-state index < -0.39 is 0 Å². The van der Waals surface area contributed by atoms with E-state index >= 15 is 0 Å². The molecule has 0 radical (unpaired) electrons. The van der Waals surface area contributed by atoms with Gasteiger partial charge in [0.1, 0.15) is 16.5 Å². The second kappa shape index (κ2) is 8.13. The summed E-state index contributed by atoms with van der Waals surface area (Å²) in [4.78, 5) is 17.8. The minimum Gasteiger partial charge on any atom is -0.493 e. The van der Waals surface area contributed by atoms with Crippen LogP contribution in [0.5, 0.6) is 17.2 Å². The van der Waals surface area contributed by atoms with Gasteiger partial charge in [-0.25, -0.2) is 4.98 Å². The number of furan rings is 1. The summed E-state index contributed by atoms with van der Waals surface area (Å²) in [5, 5.41) is 3.50. The van der Waals surface area contributed by atoms with Crippen molar-refractivity contribution in [2.75, 3.05) is 21.3 Å². The first-order valence-corrected chi connectivity index (χ1v) is 8.97. The quantitative estimate of drug-likeness (QED) is 0.665. The predicted octanol–water partition coefficient (Wildman–Crippen LogP) is 3.67. The van der Waals surface area contributed by atoms with Crippen molar-refractivity contribution in [3.63, 3.8) is 0 Å². The molecule has 142 valence electrons. The number of ether oxygens (including phenoxy) is 3. The zero-order chi connectivity index (χ0) is 19.4. The number of hydrogen-bond donors (Lipinski definition) is 1. The van der Waals surface area contributed by atoms with Crippen molar-refractivity contribution in [1.29, 1.82) is 0 Å². The Morgan fingerprint density at radius 1 is 1.19 bits per heavy atom. The minimum absolute atomic E-state index is 0.251. The molecule has 2 aromatic heterocycles. The predicted molar refractivity (Wildman–Crippen MR) is 102 cm³/mol. The lowest BCUT2D eigenvalue weighted by Gasteiger charge is -2.13. The maximum absolute atomic E-state index is 12.5. The van der Waals surface area contributed by atoms with Crippen molar-refractivity contribution < 1.29 is 23.4 Å². The van der Waals surface area contributed by atoms with Gasteiger partial charge in [-0.1, -0.05) is 0 Å². The maximum Gasteiger partial charge on any atom is 0.271 e. The topological polar surface area (TPSA) is 82.8 Å². The smallest absolute Gasteiger partial charge is 0.271 e. The van der Waals surface area contributed by atoms with E-state index in [9.17, 15) is 4.79 Å². The Labute approximate surface area is 160 Å². The second-order valence-corrected chi connectivity index (χ2v) is 6.80. The van der Waals surface area contributed by atoms with Crippen LogP contribution in [0, 0.1) is 6.92 Å². The van der Waals surface area contributed by atoms with Crippen LogP contribution < -0.4 is 19.5 Å². The summed E-state index contributed by atoms with van der Waals surface area (Å²) in [5.74, 6) is 2.00. The molecule has 0 bridgehead atoms. The molecule has 0 saturated carbocycles. The van der Waals surface area contributed by atoms with E-state index in [2.05, 4.69) is 10.3 Å². The van der Waals surface area contributed by atoms with E-state index in [4.69, 9.17) is 18.6 Å². The molecule has 0 saturated heterocycles. The molecule has 0 spiro atoms. The molecule has 1 amide bonds. The summed E-state index contributed by atoms with van der Waals surface area (Å²) in [6.45, 7) is 2.17. The fraction of sp³-hybridized carbons (Fsp3) is 0.263. The lowest BCUT2D eigenvalue weighted by atomic mass is 10.2. The Balaban J connectivity index is 1.88. The Morgan fingerprint density at radius 2 is 1.89 bits per heavy atom. The highest BCUT2D eigenvalue weighted by Gasteiger charge is 2.20. The van der Waals surface area contributed by atoms with Crippen molar-refractivity contribution in [2.45, 2.75) is 13.5 Å². The number of benzene rings is 1. The molecule has 8 heteroatoms. The number of rotatable bonds is 7. The normalized spacial score (nSPS) is 10.5. The average molecular weight is 388 g/mol. The van der Waals surface area contributed by atoms with Crippen LogP contribution in [-0.4, -0.2) is 32.2 Å². The molecular formula is C19H20N2O5S. The number of nitrogens with one attached hydrogen (secondary N) is 1. The summed E-state index contributed by atoms with van der Waals surface area (Å²) in [6, 6.07) is 7.20. The van der Waals surface area contributed by atoms with Crippen LogP contribution in [0.1, 0.15) is 21.1 Å². The number of aromatic nitrogens is 1. The molecule has 2 heterocycles. The molecule has 0 atom stereocenters. The first-order valence-electron chi connectivity index (χ1n) is 8.15. The van der Waals surface area contributed by atoms with Crippen molar-refractivity contribution in [1.82, 2.24) is 10.3 Å². The molecule has 0 unspecified atom stereocenters. The third kappa shape index (κ3) is 3.90. The summed E-state index contributed by atoms with van der Waals surface area (Å²) in [5.41, 5.74) is 1.16. The molecular weight excluding hydrogens is 368 g/mol. The van der Waals surface area contributed by atoms with Crippen molar-refractivity contribution in [3.05, 3.63) is 46.9 Å². The van der Waals surface area contributed by atoms with E-state index in [0.717, 1.165) is 10.4 Å². The standard InChI is InChI=1S/C19H20N2O5S/c1-11-16(18(22)20-10-13-6-5-7-26-13)21-19(27-11)12-8-14(23-2)17(25-4)15(9-12)24-3/h5-9H,10H2,1-4H3,(H,20,22). The van der Waals surface area contributed by atoms with Crippen LogP contribution in [0.25, 0.3) is 10.6 Å². The Hall–Kier alpha value is -3.00. The van der Waals surface area contributed by atoms with Crippen LogP contribution >= 0.6 is 11.3 Å². The number of carbonyl (C=O) groups excluding carboxylic acids is 1. The lowest BCUT2D eigenvalue weighted by Crippen LogP contribution is -2.23. The molecule has 0 aliphatic carbocycles. The highest BCUT2D eigenvalue weighted by atomic mass is 32.1. The van der Waals surface area contributed by atoms with Crippen LogP contribution in [0.4, 0.5) is 0 Å². The number of methoxy groups -OCH3 is 3. The molecule has 1 N–H and O–H groups in total. The van der Waals surface area contributed by atoms with Gasteiger partial charge in [0.2, 0.25) is 5.75 Å². The third-order valence-corrected chi connectivity index (χ3v) is 4.95. The van der Waals surface area contributed by atoms with E-state index in [0.29, 0.717) is 40.3 Å². The summed E-state index contributed by atoms with van der Waals surface area (Å²) < 4.78 is 21.3. The van der Waals surface area contributed by atoms with Crippen LogP contribution in [0.15, 0.2) is 34.9 Å². The fourth-order valence-corrected chi connectivity index (χ4v) is 3.50. The van der Waals surface area contributed by atoms with Crippen molar-refractivity contribution >= 4 is 17.2 Å². The van der Waals surface area contributed by atoms with Gasteiger partial charge >= 0.3 is 0 Å². The lowest BCUT2D eigenvalue weighted by molar-refractivity contribution is 0.0943. The number of amides is 1. The maximum atomic E-state index is 12.5. The number of thiazole rings is 1. The Kier molecular flexibility index (Phi) is 5.66. The summed E-state index contributed by atoms with van der Waals surface area (Å²) >= 11 is 1.42. The monoisotopic (exact) mass is 388 g/mol. The van der Waals surface area contributed by atoms with Gasteiger partial charge in [-0.2, -0.15) is 0 Å². The van der Waals surface area contributed by atoms with Gasteiger partial charge in [-0.3, -0.25) is 4.79 Å². The summed E-state index contributed by atoms with van der Waals surface area (Å²) in [6.07, 6.45) is 1.57. The van der Waals surface area contributed by atoms with Gasteiger partial charge in [0.15, 0.2) is 11.5 Å². The zero-order valence-corrected chi connectivity index (χ0v) is 16.3. The third-order valence-electron chi connectivity index (χ3n) is 3.93. The number of hydrogen-bond acceptors (Lipinski definition) is 7. The van der Waals surface area contributed by atoms with Crippen LogP contribution in [0.3, 0.4) is 0 Å². The van der Waals surface area contributed by atoms with E-state index in [-0.39, 0.29) is 5.91 Å². The Bertz CT molecular complexity index is 909.